The second kappa shape index (κ2) is 3.00. The van der Waals surface area contributed by atoms with Crippen molar-refractivity contribution < 1.29 is 30.0 Å². The molecule has 1 aliphatic heterocycles. The number of hydrogen-bond donors (Lipinski definition) is 4. The van der Waals surface area contributed by atoms with Crippen LogP contribution in [0, 0.1) is 0 Å². The molecule has 0 saturated carbocycles. The molecule has 0 fully saturated rings. The first kappa shape index (κ1) is 8.82. The normalized spacial score (nSPS) is 25.8. The number of esters is 1. The average molecular weight is 178 g/mol. The summed E-state index contributed by atoms with van der Waals surface area (Å²) in [5.41, 5.74) is 0. The fourth-order valence-electron chi connectivity index (χ4n) is 0.823. The summed E-state index contributed by atoms with van der Waals surface area (Å²) in [5.74, 6) is -2.78. The van der Waals surface area contributed by atoms with Crippen molar-refractivity contribution in [2.75, 3.05) is 6.61 Å². The van der Waals surface area contributed by atoms with E-state index in [4.69, 9.17) is 20.4 Å². The number of rotatable bonds is 2. The highest BCUT2D eigenvalue weighted by molar-refractivity contribution is 5.89. The van der Waals surface area contributed by atoms with Crippen LogP contribution in [0.25, 0.3) is 0 Å². The Labute approximate surface area is 67.3 Å². The highest BCUT2D eigenvalue weighted by Crippen LogP contribution is 2.20. The Bertz CT molecular complexity index is 232. The highest BCUT2D eigenvalue weighted by atomic mass is 16.7. The van der Waals surface area contributed by atoms with Crippen molar-refractivity contribution in [1.82, 2.24) is 0 Å². The molecule has 1 heterocycles. The molecule has 0 bridgehead atoms. The molecule has 4 N–H and O–H groups in total. The van der Waals surface area contributed by atoms with Gasteiger partial charge in [0.2, 0.25) is 5.76 Å². The number of carbonyl (C=O) groups is 1. The van der Waals surface area contributed by atoms with Gasteiger partial charge in [-0.1, -0.05) is 0 Å². The van der Waals surface area contributed by atoms with E-state index in [0.717, 1.165) is 0 Å². The van der Waals surface area contributed by atoms with Crippen LogP contribution in [0.4, 0.5) is 0 Å². The molecule has 68 valence electrons. The summed E-state index contributed by atoms with van der Waals surface area (Å²) in [4.78, 5) is 10.5. The van der Waals surface area contributed by atoms with Gasteiger partial charge in [0.15, 0.2) is 11.9 Å². The van der Waals surface area contributed by atoms with Gasteiger partial charge in [0.1, 0.15) is 6.10 Å². The standard InChI is InChI=1S/C6H8O6/c7-1-2(8)5-3(9)4(10)6(11)12-5/h2,5,7-10H,1H2/t2-,5+/m0/s1/i3+2. The molecular weight excluding hydrogens is 170 g/mol. The van der Waals surface area contributed by atoms with Crippen molar-refractivity contribution in [1.29, 1.82) is 0 Å². The van der Waals surface area contributed by atoms with Crippen LogP contribution in [0.1, 0.15) is 0 Å². The maximum Gasteiger partial charge on any atom is 0.377 e. The summed E-state index contributed by atoms with van der Waals surface area (Å²) < 4.78 is 4.32. The van der Waals surface area contributed by atoms with Crippen LogP contribution in [0.2, 0.25) is 0 Å². The van der Waals surface area contributed by atoms with Gasteiger partial charge in [-0.15, -0.1) is 0 Å². The van der Waals surface area contributed by atoms with Crippen molar-refractivity contribution in [3.63, 3.8) is 0 Å². The lowest BCUT2D eigenvalue weighted by Crippen LogP contribution is -2.31. The van der Waals surface area contributed by atoms with E-state index < -0.39 is 36.3 Å². The molecule has 12 heavy (non-hydrogen) atoms. The summed E-state index contributed by atoms with van der Waals surface area (Å²) in [6.07, 6.45) is -2.78. The molecule has 1 aliphatic rings. The summed E-state index contributed by atoms with van der Waals surface area (Å²) in [7, 11) is 0. The number of hydrogen-bond acceptors (Lipinski definition) is 6. The third kappa shape index (κ3) is 1.21. The Morgan fingerprint density at radius 2 is 2.25 bits per heavy atom. The van der Waals surface area contributed by atoms with E-state index in [1.165, 1.54) is 0 Å². The van der Waals surface area contributed by atoms with Crippen LogP contribution in [0.15, 0.2) is 11.5 Å². The molecule has 6 heteroatoms. The maximum atomic E-state index is 10.5. The number of aliphatic hydroxyl groups excluding tert-OH is 4. The molecule has 0 unspecified atom stereocenters. The van der Waals surface area contributed by atoms with E-state index in [2.05, 4.69) is 4.74 Å². The summed E-state index contributed by atoms with van der Waals surface area (Å²) >= 11 is 0. The van der Waals surface area contributed by atoms with Gasteiger partial charge in [0, 0.05) is 0 Å². The Morgan fingerprint density at radius 1 is 1.67 bits per heavy atom. The molecule has 0 saturated heterocycles. The zero-order valence-electron chi connectivity index (χ0n) is 5.97. The molecule has 0 aromatic carbocycles. The minimum atomic E-state index is -1.42. The van der Waals surface area contributed by atoms with Crippen molar-refractivity contribution in [2.24, 2.45) is 0 Å². The van der Waals surface area contributed by atoms with Crippen LogP contribution in [0.3, 0.4) is 0 Å². The van der Waals surface area contributed by atoms with Gasteiger partial charge in [-0.3, -0.25) is 0 Å². The fourth-order valence-corrected chi connectivity index (χ4v) is 0.823. The van der Waals surface area contributed by atoms with Crippen LogP contribution in [0.5, 0.6) is 0 Å². The second-order valence-electron chi connectivity index (χ2n) is 2.31. The highest BCUT2D eigenvalue weighted by Gasteiger charge is 2.38. The maximum absolute atomic E-state index is 10.5. The molecule has 0 amide bonds. The number of cyclic esters (lactones) is 1. The van der Waals surface area contributed by atoms with E-state index in [-0.39, 0.29) is 0 Å². The van der Waals surface area contributed by atoms with Crippen molar-refractivity contribution in [3.05, 3.63) is 11.5 Å². The fraction of sp³-hybridized carbons (Fsp3) is 0.500. The van der Waals surface area contributed by atoms with Crippen LogP contribution in [-0.4, -0.2) is 45.2 Å². The summed E-state index contributed by atoms with van der Waals surface area (Å²) in [5, 5.41) is 35.0. The van der Waals surface area contributed by atoms with Gasteiger partial charge in [-0.05, 0) is 0 Å². The monoisotopic (exact) mass is 178 g/mol. The van der Waals surface area contributed by atoms with Gasteiger partial charge in [-0.2, -0.15) is 0 Å². The van der Waals surface area contributed by atoms with Crippen molar-refractivity contribution >= 4 is 5.97 Å². The minimum Gasteiger partial charge on any atom is -0.505 e. The summed E-state index contributed by atoms with van der Waals surface area (Å²) in [6, 6.07) is 0. The van der Waals surface area contributed by atoms with Crippen molar-refractivity contribution in [3.8, 4) is 0 Å². The van der Waals surface area contributed by atoms with E-state index in [1.54, 1.807) is 0 Å². The largest absolute Gasteiger partial charge is 0.505 e. The lowest BCUT2D eigenvalue weighted by molar-refractivity contribution is -0.147. The van der Waals surface area contributed by atoms with E-state index in [0.29, 0.717) is 0 Å². The smallest absolute Gasteiger partial charge is 0.377 e. The predicted octanol–water partition coefficient (Wildman–Crippen LogP) is -1.41. The van der Waals surface area contributed by atoms with E-state index in [9.17, 15) is 4.79 Å². The van der Waals surface area contributed by atoms with Gasteiger partial charge >= 0.3 is 5.97 Å². The summed E-state index contributed by atoms with van der Waals surface area (Å²) in [6.45, 7) is -0.671. The third-order valence-corrected chi connectivity index (χ3v) is 1.48. The Kier molecular flexibility index (Phi) is 2.20. The van der Waals surface area contributed by atoms with Crippen LogP contribution >= 0.6 is 0 Å². The zero-order chi connectivity index (χ0) is 9.30. The number of ether oxygens (including phenoxy) is 1. The molecule has 1 rings (SSSR count). The molecule has 0 aromatic rings. The quantitative estimate of drug-likeness (QED) is 0.387. The van der Waals surface area contributed by atoms with Crippen LogP contribution in [-0.2, 0) is 9.53 Å². The molecule has 2 atom stereocenters. The lowest BCUT2D eigenvalue weighted by atomic mass is 10.3. The first-order chi connectivity index (χ1) is 5.57. The van der Waals surface area contributed by atoms with Gasteiger partial charge in [0.05, 0.1) is 6.61 Å². The van der Waals surface area contributed by atoms with E-state index >= 15 is 0 Å². The topological polar surface area (TPSA) is 107 Å². The second-order valence-corrected chi connectivity index (χ2v) is 2.31. The third-order valence-electron chi connectivity index (χ3n) is 1.48. The molecular formula is C6H8O6. The number of carbonyl (C=O) groups excluding carboxylic acids is 1. The molecule has 0 aliphatic carbocycles. The average Bonchev–Trinajstić information content (AvgIpc) is 2.32. The van der Waals surface area contributed by atoms with Gasteiger partial charge < -0.3 is 25.2 Å². The first-order valence-electron chi connectivity index (χ1n) is 3.20. The minimum absolute atomic E-state index is 0.671. The predicted molar refractivity (Wildman–Crippen MR) is 35.3 cm³/mol. The first-order valence-corrected chi connectivity index (χ1v) is 3.20. The molecule has 0 aromatic heterocycles. The zero-order valence-corrected chi connectivity index (χ0v) is 5.97. The van der Waals surface area contributed by atoms with Gasteiger partial charge in [0.25, 0.3) is 0 Å². The van der Waals surface area contributed by atoms with E-state index in [1.807, 2.05) is 0 Å². The molecule has 0 radical (unpaired) electrons. The lowest BCUT2D eigenvalue weighted by Gasteiger charge is -2.13. The molecule has 0 spiro atoms. The Morgan fingerprint density at radius 3 is 2.58 bits per heavy atom. The van der Waals surface area contributed by atoms with Crippen LogP contribution < -0.4 is 0 Å². The SMILES string of the molecule is O=C1O[C@H]([C@@H](O)CO)[14C](O)=C1O. The number of aliphatic hydroxyl groups is 4. The molecule has 6 nitrogen and oxygen atoms in total. The Balaban J connectivity index is 2.80. The van der Waals surface area contributed by atoms with Gasteiger partial charge in [-0.25, -0.2) is 4.79 Å². The Hall–Kier alpha value is -1.27. The van der Waals surface area contributed by atoms with Crippen molar-refractivity contribution in [2.45, 2.75) is 12.2 Å².